The predicted molar refractivity (Wildman–Crippen MR) is 80.3 cm³/mol. The fourth-order valence-electron chi connectivity index (χ4n) is 1.45. The van der Waals surface area contributed by atoms with E-state index in [2.05, 4.69) is 31.8 Å². The molecule has 0 spiro atoms. The lowest BCUT2D eigenvalue weighted by atomic mass is 10.2. The van der Waals surface area contributed by atoms with Crippen molar-refractivity contribution in [2.24, 2.45) is 5.10 Å². The molecule has 20 heavy (non-hydrogen) atoms. The van der Waals surface area contributed by atoms with Crippen molar-refractivity contribution in [2.75, 3.05) is 5.32 Å². The van der Waals surface area contributed by atoms with Gasteiger partial charge in [-0.25, -0.2) is 14.6 Å². The van der Waals surface area contributed by atoms with Gasteiger partial charge in [-0.2, -0.15) is 5.10 Å². The zero-order chi connectivity index (χ0) is 14.4. The zero-order valence-electron chi connectivity index (χ0n) is 10.3. The number of rotatable bonds is 3. The van der Waals surface area contributed by atoms with Crippen molar-refractivity contribution in [2.45, 2.75) is 0 Å². The van der Waals surface area contributed by atoms with Gasteiger partial charge in [0, 0.05) is 15.7 Å². The quantitative estimate of drug-likeness (QED) is 0.651. The van der Waals surface area contributed by atoms with Gasteiger partial charge in [0.25, 0.3) is 0 Å². The smallest absolute Gasteiger partial charge is 0.307 e. The van der Waals surface area contributed by atoms with Crippen LogP contribution in [0, 0.1) is 5.82 Å². The first-order chi connectivity index (χ1) is 9.65. The van der Waals surface area contributed by atoms with Crippen molar-refractivity contribution in [3.05, 3.63) is 64.4 Å². The number of hydrazone groups is 1. The molecule has 102 valence electrons. The highest BCUT2D eigenvalue weighted by molar-refractivity contribution is 9.10. The Morgan fingerprint density at radius 3 is 2.65 bits per heavy atom. The van der Waals surface area contributed by atoms with E-state index < -0.39 is 11.8 Å². The van der Waals surface area contributed by atoms with Gasteiger partial charge in [0.05, 0.1) is 6.21 Å². The molecule has 0 unspecified atom stereocenters. The van der Waals surface area contributed by atoms with Crippen molar-refractivity contribution in [1.29, 1.82) is 0 Å². The first-order valence-electron chi connectivity index (χ1n) is 5.75. The first kappa shape index (κ1) is 14.2. The van der Waals surface area contributed by atoms with Gasteiger partial charge in [-0.15, -0.1) is 0 Å². The van der Waals surface area contributed by atoms with Gasteiger partial charge in [0.1, 0.15) is 5.82 Å². The van der Waals surface area contributed by atoms with E-state index in [1.807, 2.05) is 6.07 Å². The molecule has 0 saturated carbocycles. The third kappa shape index (κ3) is 4.17. The molecule has 0 fully saturated rings. The number of hydrogen-bond acceptors (Lipinski definition) is 2. The lowest BCUT2D eigenvalue weighted by molar-refractivity contribution is 0.252. The molecule has 0 aliphatic rings. The molecule has 2 aromatic carbocycles. The van der Waals surface area contributed by atoms with Crippen LogP contribution >= 0.6 is 15.9 Å². The van der Waals surface area contributed by atoms with Crippen molar-refractivity contribution >= 4 is 33.9 Å². The van der Waals surface area contributed by atoms with E-state index in [1.165, 1.54) is 12.3 Å². The highest BCUT2D eigenvalue weighted by Crippen LogP contribution is 2.13. The molecule has 2 N–H and O–H groups in total. The maximum atomic E-state index is 13.5. The fourth-order valence-corrected chi connectivity index (χ4v) is 1.78. The monoisotopic (exact) mass is 335 g/mol. The number of carbonyl (C=O) groups is 1. The summed E-state index contributed by atoms with van der Waals surface area (Å²) in [5.41, 5.74) is 3.20. The summed E-state index contributed by atoms with van der Waals surface area (Å²) >= 11 is 3.16. The molecule has 0 heterocycles. The molecule has 0 aliphatic carbocycles. The number of halogens is 2. The molecule has 0 aromatic heterocycles. The molecule has 2 rings (SSSR count). The summed E-state index contributed by atoms with van der Waals surface area (Å²) < 4.78 is 14.1. The number of amides is 2. The van der Waals surface area contributed by atoms with E-state index in [-0.39, 0.29) is 5.56 Å². The summed E-state index contributed by atoms with van der Waals surface area (Å²) in [6.45, 7) is 0. The molecule has 4 nitrogen and oxygen atoms in total. The standard InChI is InChI=1S/C14H11BrFN3O/c15-11-7-6-10(13(16)8-11)9-17-19-14(20)18-12-4-2-1-3-5-12/h1-9H,(H2,18,19,20)/b17-9-. The van der Waals surface area contributed by atoms with Gasteiger partial charge < -0.3 is 5.32 Å². The molecule has 0 aliphatic heterocycles. The van der Waals surface area contributed by atoms with Crippen LogP contribution in [0.4, 0.5) is 14.9 Å². The second-order valence-electron chi connectivity index (χ2n) is 3.86. The summed E-state index contributed by atoms with van der Waals surface area (Å²) in [5.74, 6) is -0.423. The summed E-state index contributed by atoms with van der Waals surface area (Å²) in [5, 5.41) is 6.27. The molecule has 0 radical (unpaired) electrons. The fraction of sp³-hybridized carbons (Fsp3) is 0. The number of urea groups is 1. The second kappa shape index (κ2) is 6.81. The van der Waals surface area contributed by atoms with Gasteiger partial charge in [0.2, 0.25) is 0 Å². The van der Waals surface area contributed by atoms with Crippen LogP contribution in [0.5, 0.6) is 0 Å². The van der Waals surface area contributed by atoms with Gasteiger partial charge in [0.15, 0.2) is 0 Å². The second-order valence-corrected chi connectivity index (χ2v) is 4.77. The van der Waals surface area contributed by atoms with Crippen LogP contribution in [-0.4, -0.2) is 12.2 Å². The third-order valence-electron chi connectivity index (χ3n) is 2.36. The lowest BCUT2D eigenvalue weighted by Gasteiger charge is -2.03. The summed E-state index contributed by atoms with van der Waals surface area (Å²) in [6, 6.07) is 13.0. The van der Waals surface area contributed by atoms with Crippen molar-refractivity contribution in [3.63, 3.8) is 0 Å². The Bertz CT molecular complexity index is 632. The van der Waals surface area contributed by atoms with Crippen LogP contribution in [0.3, 0.4) is 0 Å². The summed E-state index contributed by atoms with van der Waals surface area (Å²) in [6.07, 6.45) is 1.24. The predicted octanol–water partition coefficient (Wildman–Crippen LogP) is 3.74. The van der Waals surface area contributed by atoms with Crippen LogP contribution < -0.4 is 10.7 Å². The Kier molecular flexibility index (Phi) is 4.84. The number of nitrogens with zero attached hydrogens (tertiary/aromatic N) is 1. The Balaban J connectivity index is 1.91. The average Bonchev–Trinajstić information content (AvgIpc) is 2.42. The molecule has 2 aromatic rings. The Hall–Kier alpha value is -2.21. The van der Waals surface area contributed by atoms with E-state index in [1.54, 1.807) is 36.4 Å². The first-order valence-corrected chi connectivity index (χ1v) is 6.54. The maximum Gasteiger partial charge on any atom is 0.339 e. The average molecular weight is 336 g/mol. The summed E-state index contributed by atoms with van der Waals surface area (Å²) in [7, 11) is 0. The number of anilines is 1. The van der Waals surface area contributed by atoms with Crippen molar-refractivity contribution in [1.82, 2.24) is 5.43 Å². The molecular weight excluding hydrogens is 325 g/mol. The maximum absolute atomic E-state index is 13.5. The molecule has 0 bridgehead atoms. The molecule has 0 atom stereocenters. The largest absolute Gasteiger partial charge is 0.339 e. The number of carbonyl (C=O) groups excluding carboxylic acids is 1. The zero-order valence-corrected chi connectivity index (χ0v) is 11.9. The Morgan fingerprint density at radius 1 is 1.20 bits per heavy atom. The Morgan fingerprint density at radius 2 is 1.95 bits per heavy atom. The molecule has 2 amide bonds. The molecule has 0 saturated heterocycles. The van der Waals surface area contributed by atoms with Crippen LogP contribution in [0.2, 0.25) is 0 Å². The minimum atomic E-state index is -0.495. The van der Waals surface area contributed by atoms with E-state index in [0.717, 1.165) is 0 Å². The van der Waals surface area contributed by atoms with E-state index >= 15 is 0 Å². The normalized spacial score (nSPS) is 10.5. The van der Waals surface area contributed by atoms with Crippen LogP contribution in [0.15, 0.2) is 58.1 Å². The molecular formula is C14H11BrFN3O. The number of benzene rings is 2. The Labute approximate surface area is 123 Å². The number of para-hydroxylation sites is 1. The minimum Gasteiger partial charge on any atom is -0.307 e. The SMILES string of the molecule is O=C(N/N=C\c1ccc(Br)cc1F)Nc1ccccc1. The van der Waals surface area contributed by atoms with Crippen molar-refractivity contribution in [3.8, 4) is 0 Å². The van der Waals surface area contributed by atoms with Gasteiger partial charge in [-0.1, -0.05) is 34.1 Å². The van der Waals surface area contributed by atoms with Gasteiger partial charge in [-0.3, -0.25) is 0 Å². The van der Waals surface area contributed by atoms with Crippen LogP contribution in [0.1, 0.15) is 5.56 Å². The van der Waals surface area contributed by atoms with Gasteiger partial charge >= 0.3 is 6.03 Å². The highest BCUT2D eigenvalue weighted by atomic mass is 79.9. The van der Waals surface area contributed by atoms with E-state index in [9.17, 15) is 9.18 Å². The number of hydrogen-bond donors (Lipinski definition) is 2. The summed E-state index contributed by atoms with van der Waals surface area (Å²) in [4.78, 5) is 11.5. The number of nitrogens with one attached hydrogen (secondary N) is 2. The van der Waals surface area contributed by atoms with Gasteiger partial charge in [-0.05, 0) is 30.3 Å². The van der Waals surface area contributed by atoms with Crippen LogP contribution in [0.25, 0.3) is 0 Å². The van der Waals surface area contributed by atoms with Crippen molar-refractivity contribution < 1.29 is 9.18 Å². The highest BCUT2D eigenvalue weighted by Gasteiger charge is 2.01. The minimum absolute atomic E-state index is 0.285. The molecule has 6 heteroatoms. The van der Waals surface area contributed by atoms with E-state index in [0.29, 0.717) is 10.2 Å². The van der Waals surface area contributed by atoms with Crippen LogP contribution in [-0.2, 0) is 0 Å². The lowest BCUT2D eigenvalue weighted by Crippen LogP contribution is -2.24. The third-order valence-corrected chi connectivity index (χ3v) is 2.86. The topological polar surface area (TPSA) is 53.5 Å². The van der Waals surface area contributed by atoms with E-state index in [4.69, 9.17) is 0 Å².